The van der Waals surface area contributed by atoms with E-state index in [9.17, 15) is 0 Å². The average molecular weight is 228 g/mol. The molecule has 0 saturated carbocycles. The normalized spacial score (nSPS) is 22.5. The Morgan fingerprint density at radius 2 is 1.62 bits per heavy atom. The smallest absolute Gasteiger partial charge is 0.0280 e. The van der Waals surface area contributed by atoms with Crippen LogP contribution >= 0.6 is 0 Å². The van der Waals surface area contributed by atoms with Crippen LogP contribution in [0.25, 0.3) is 0 Å². The fourth-order valence-electron chi connectivity index (χ4n) is 2.49. The molecule has 1 rings (SSSR count). The summed E-state index contributed by atoms with van der Waals surface area (Å²) in [6, 6.07) is 0. The first-order valence-electron chi connectivity index (χ1n) is 6.47. The van der Waals surface area contributed by atoms with E-state index >= 15 is 0 Å². The van der Waals surface area contributed by atoms with Gasteiger partial charge in [0.2, 0.25) is 0 Å². The lowest BCUT2D eigenvalue weighted by molar-refractivity contribution is 0.0195. The molecule has 1 saturated heterocycles. The second-order valence-corrected chi connectivity index (χ2v) is 5.36. The number of hydrogen-bond acceptors (Lipinski definition) is 4. The molecule has 0 spiro atoms. The molecule has 0 aliphatic carbocycles. The molecule has 0 atom stereocenters. The van der Waals surface area contributed by atoms with Crippen molar-refractivity contribution in [1.29, 1.82) is 0 Å². The SMILES string of the molecule is CC1(C)CN(CCCN)CCN1CCCN. The second kappa shape index (κ2) is 6.55. The Hall–Kier alpha value is -0.160. The van der Waals surface area contributed by atoms with Crippen LogP contribution in [0.5, 0.6) is 0 Å². The highest BCUT2D eigenvalue weighted by Gasteiger charge is 2.32. The standard InChI is InChI=1S/C12H28N4/c1-12(2)11-15(7-3-5-13)9-10-16(12)8-4-6-14/h3-11,13-14H2,1-2H3. The quantitative estimate of drug-likeness (QED) is 0.676. The van der Waals surface area contributed by atoms with E-state index in [1.807, 2.05) is 0 Å². The van der Waals surface area contributed by atoms with E-state index < -0.39 is 0 Å². The first-order chi connectivity index (χ1) is 7.60. The minimum Gasteiger partial charge on any atom is -0.330 e. The molecule has 4 nitrogen and oxygen atoms in total. The van der Waals surface area contributed by atoms with Crippen molar-refractivity contribution in [2.24, 2.45) is 11.5 Å². The lowest BCUT2D eigenvalue weighted by Gasteiger charge is -2.47. The van der Waals surface area contributed by atoms with Crippen molar-refractivity contribution in [3.8, 4) is 0 Å². The third-order valence-electron chi connectivity index (χ3n) is 3.46. The van der Waals surface area contributed by atoms with Gasteiger partial charge in [-0.25, -0.2) is 0 Å². The van der Waals surface area contributed by atoms with Gasteiger partial charge in [0.05, 0.1) is 0 Å². The Morgan fingerprint density at radius 3 is 2.19 bits per heavy atom. The zero-order valence-corrected chi connectivity index (χ0v) is 10.9. The highest BCUT2D eigenvalue weighted by atomic mass is 15.3. The van der Waals surface area contributed by atoms with Gasteiger partial charge >= 0.3 is 0 Å². The van der Waals surface area contributed by atoms with Gasteiger partial charge in [-0.1, -0.05) is 0 Å². The van der Waals surface area contributed by atoms with E-state index in [2.05, 4.69) is 23.6 Å². The van der Waals surface area contributed by atoms with E-state index in [4.69, 9.17) is 11.5 Å². The molecule has 1 aliphatic heterocycles. The van der Waals surface area contributed by atoms with Crippen molar-refractivity contribution in [3.05, 3.63) is 0 Å². The monoisotopic (exact) mass is 228 g/mol. The first kappa shape index (κ1) is 13.9. The Bertz CT molecular complexity index is 193. The predicted octanol–water partition coefficient (Wildman–Crippen LogP) is 0.0802. The molecule has 1 fully saturated rings. The molecule has 1 heterocycles. The summed E-state index contributed by atoms with van der Waals surface area (Å²) < 4.78 is 0. The largest absolute Gasteiger partial charge is 0.330 e. The third-order valence-corrected chi connectivity index (χ3v) is 3.46. The summed E-state index contributed by atoms with van der Waals surface area (Å²) in [4.78, 5) is 5.10. The summed E-state index contributed by atoms with van der Waals surface area (Å²) in [7, 11) is 0. The van der Waals surface area contributed by atoms with Gasteiger partial charge in [0.1, 0.15) is 0 Å². The lowest BCUT2D eigenvalue weighted by Crippen LogP contribution is -2.59. The van der Waals surface area contributed by atoms with Crippen LogP contribution in [0, 0.1) is 0 Å². The molecule has 1 aliphatic rings. The van der Waals surface area contributed by atoms with E-state index in [-0.39, 0.29) is 5.54 Å². The zero-order chi connectivity index (χ0) is 12.0. The molecule has 0 unspecified atom stereocenters. The number of nitrogens with zero attached hydrogens (tertiary/aromatic N) is 2. The topological polar surface area (TPSA) is 58.5 Å². The molecule has 96 valence electrons. The summed E-state index contributed by atoms with van der Waals surface area (Å²) in [5.41, 5.74) is 11.4. The van der Waals surface area contributed by atoms with Gasteiger partial charge in [-0.15, -0.1) is 0 Å². The molecule has 0 radical (unpaired) electrons. The van der Waals surface area contributed by atoms with Crippen molar-refractivity contribution in [2.75, 3.05) is 45.8 Å². The molecule has 0 aromatic carbocycles. The van der Waals surface area contributed by atoms with Crippen molar-refractivity contribution >= 4 is 0 Å². The van der Waals surface area contributed by atoms with Crippen LogP contribution in [0.3, 0.4) is 0 Å². The highest BCUT2D eigenvalue weighted by Crippen LogP contribution is 2.20. The molecule has 0 amide bonds. The van der Waals surface area contributed by atoms with Crippen LogP contribution in [0.15, 0.2) is 0 Å². The highest BCUT2D eigenvalue weighted by molar-refractivity contribution is 4.89. The summed E-state index contributed by atoms with van der Waals surface area (Å²) in [6.07, 6.45) is 2.21. The van der Waals surface area contributed by atoms with Crippen molar-refractivity contribution in [3.63, 3.8) is 0 Å². The van der Waals surface area contributed by atoms with E-state index in [0.717, 1.165) is 52.1 Å². The molecule has 0 aromatic heterocycles. The molecule has 0 aromatic rings. The van der Waals surface area contributed by atoms with Crippen LogP contribution in [0.1, 0.15) is 26.7 Å². The second-order valence-electron chi connectivity index (χ2n) is 5.36. The summed E-state index contributed by atoms with van der Waals surface area (Å²) in [6.45, 7) is 12.0. The first-order valence-corrected chi connectivity index (χ1v) is 6.47. The number of hydrogen-bond donors (Lipinski definition) is 2. The maximum atomic E-state index is 5.58. The lowest BCUT2D eigenvalue weighted by atomic mass is 9.98. The maximum Gasteiger partial charge on any atom is 0.0280 e. The van der Waals surface area contributed by atoms with Gasteiger partial charge in [-0.2, -0.15) is 0 Å². The van der Waals surface area contributed by atoms with Crippen molar-refractivity contribution in [2.45, 2.75) is 32.2 Å². The number of piperazine rings is 1. The minimum absolute atomic E-state index is 0.280. The van der Waals surface area contributed by atoms with Crippen LogP contribution in [-0.2, 0) is 0 Å². The van der Waals surface area contributed by atoms with Crippen molar-refractivity contribution < 1.29 is 0 Å². The fourth-order valence-corrected chi connectivity index (χ4v) is 2.49. The molecular weight excluding hydrogens is 200 g/mol. The number of nitrogens with two attached hydrogens (primary N) is 2. The zero-order valence-electron chi connectivity index (χ0n) is 10.9. The van der Waals surface area contributed by atoms with Crippen molar-refractivity contribution in [1.82, 2.24) is 9.80 Å². The van der Waals surface area contributed by atoms with Gasteiger partial charge in [-0.3, -0.25) is 4.90 Å². The Labute approximate surface area is 99.9 Å². The molecular formula is C12H28N4. The van der Waals surface area contributed by atoms with Gasteiger partial charge in [-0.05, 0) is 52.9 Å². The van der Waals surface area contributed by atoms with Gasteiger partial charge < -0.3 is 16.4 Å². The van der Waals surface area contributed by atoms with E-state index in [1.165, 1.54) is 6.54 Å². The predicted molar refractivity (Wildman–Crippen MR) is 69.4 cm³/mol. The molecule has 4 heteroatoms. The van der Waals surface area contributed by atoms with E-state index in [1.54, 1.807) is 0 Å². The summed E-state index contributed by atoms with van der Waals surface area (Å²) in [5, 5.41) is 0. The average Bonchev–Trinajstić information content (AvgIpc) is 2.24. The molecule has 16 heavy (non-hydrogen) atoms. The van der Waals surface area contributed by atoms with Gasteiger partial charge in [0.15, 0.2) is 0 Å². The van der Waals surface area contributed by atoms with Crippen LogP contribution in [0.2, 0.25) is 0 Å². The van der Waals surface area contributed by atoms with Crippen LogP contribution < -0.4 is 11.5 Å². The molecule has 4 N–H and O–H groups in total. The third kappa shape index (κ3) is 4.01. The molecule has 0 bridgehead atoms. The van der Waals surface area contributed by atoms with Crippen LogP contribution in [-0.4, -0.2) is 61.2 Å². The Kier molecular flexibility index (Phi) is 5.69. The van der Waals surface area contributed by atoms with Gasteiger partial charge in [0, 0.05) is 25.2 Å². The Morgan fingerprint density at radius 1 is 1.00 bits per heavy atom. The Balaban J connectivity index is 2.38. The van der Waals surface area contributed by atoms with E-state index in [0.29, 0.717) is 0 Å². The summed E-state index contributed by atoms with van der Waals surface area (Å²) in [5.74, 6) is 0. The fraction of sp³-hybridized carbons (Fsp3) is 1.00. The maximum absolute atomic E-state index is 5.58. The van der Waals surface area contributed by atoms with Gasteiger partial charge in [0.25, 0.3) is 0 Å². The van der Waals surface area contributed by atoms with Crippen LogP contribution in [0.4, 0.5) is 0 Å². The minimum atomic E-state index is 0.280. The summed E-state index contributed by atoms with van der Waals surface area (Å²) >= 11 is 0. The number of rotatable bonds is 6.